The number of carboxylic acid groups (broad SMARTS) is 1. The van der Waals surface area contributed by atoms with Crippen molar-refractivity contribution in [3.8, 4) is 0 Å². The Kier molecular flexibility index (Phi) is 4.35. The van der Waals surface area contributed by atoms with Crippen molar-refractivity contribution in [2.75, 3.05) is 0 Å². The fourth-order valence-corrected chi connectivity index (χ4v) is 3.01. The number of rotatable bonds is 4. The van der Waals surface area contributed by atoms with Crippen molar-refractivity contribution in [2.45, 2.75) is 39.0 Å². The zero-order chi connectivity index (χ0) is 13.8. The summed E-state index contributed by atoms with van der Waals surface area (Å²) in [5, 5.41) is 9.24. The molecule has 0 aliphatic heterocycles. The molecule has 3 heteroatoms. The van der Waals surface area contributed by atoms with Gasteiger partial charge in [-0.1, -0.05) is 37.1 Å². The maximum Gasteiger partial charge on any atom is 0.306 e. The van der Waals surface area contributed by atoms with Gasteiger partial charge in [0.05, 0.1) is 5.92 Å². The van der Waals surface area contributed by atoms with Gasteiger partial charge >= 0.3 is 5.97 Å². The van der Waals surface area contributed by atoms with Crippen LogP contribution in [0.25, 0.3) is 0 Å². The standard InChI is InChI=1S/C16H20O3/c1-11-6-2-4-8-13(11)15(17)10-12-7-3-5-9-14(12)16(18)19/h2,4,6,8,12,14H,3,5,7,9-10H2,1H3,(H,18,19)/t12-,14-/m1/s1. The highest BCUT2D eigenvalue weighted by molar-refractivity contribution is 5.97. The van der Waals surface area contributed by atoms with Crippen LogP contribution >= 0.6 is 0 Å². The van der Waals surface area contributed by atoms with E-state index in [9.17, 15) is 14.7 Å². The first-order valence-corrected chi connectivity index (χ1v) is 6.91. The summed E-state index contributed by atoms with van der Waals surface area (Å²) >= 11 is 0. The maximum absolute atomic E-state index is 12.3. The van der Waals surface area contributed by atoms with Crippen LogP contribution in [0.1, 0.15) is 48.0 Å². The molecule has 102 valence electrons. The van der Waals surface area contributed by atoms with Gasteiger partial charge in [0.2, 0.25) is 0 Å². The van der Waals surface area contributed by atoms with Gasteiger partial charge < -0.3 is 5.11 Å². The van der Waals surface area contributed by atoms with Gasteiger partial charge in [-0.15, -0.1) is 0 Å². The van der Waals surface area contributed by atoms with Crippen LogP contribution in [0.15, 0.2) is 24.3 Å². The molecule has 1 saturated carbocycles. The SMILES string of the molecule is Cc1ccccc1C(=O)C[C@H]1CCCC[C@H]1C(=O)O. The summed E-state index contributed by atoms with van der Waals surface area (Å²) in [6.45, 7) is 1.92. The average molecular weight is 260 g/mol. The second kappa shape index (κ2) is 6.00. The summed E-state index contributed by atoms with van der Waals surface area (Å²) in [6, 6.07) is 7.52. The van der Waals surface area contributed by atoms with Crippen molar-refractivity contribution in [1.29, 1.82) is 0 Å². The largest absolute Gasteiger partial charge is 0.481 e. The predicted molar refractivity (Wildman–Crippen MR) is 73.2 cm³/mol. The van der Waals surface area contributed by atoms with Crippen molar-refractivity contribution in [3.63, 3.8) is 0 Å². The third kappa shape index (κ3) is 3.22. The normalized spacial score (nSPS) is 23.0. The molecular formula is C16H20O3. The fraction of sp³-hybridized carbons (Fsp3) is 0.500. The van der Waals surface area contributed by atoms with E-state index >= 15 is 0 Å². The van der Waals surface area contributed by atoms with Gasteiger partial charge in [0.15, 0.2) is 5.78 Å². The van der Waals surface area contributed by atoms with E-state index in [-0.39, 0.29) is 17.6 Å². The number of benzene rings is 1. The number of hydrogen-bond acceptors (Lipinski definition) is 2. The number of Topliss-reactive ketones (excluding diaryl/α,β-unsaturated/α-hetero) is 1. The van der Waals surface area contributed by atoms with Crippen LogP contribution in [-0.4, -0.2) is 16.9 Å². The number of aliphatic carboxylic acids is 1. The van der Waals surface area contributed by atoms with E-state index in [1.807, 2.05) is 31.2 Å². The lowest BCUT2D eigenvalue weighted by Crippen LogP contribution is -2.28. The van der Waals surface area contributed by atoms with E-state index in [2.05, 4.69) is 0 Å². The molecule has 1 aliphatic carbocycles. The third-order valence-corrected chi connectivity index (χ3v) is 4.12. The number of ketones is 1. The van der Waals surface area contributed by atoms with Crippen molar-refractivity contribution in [2.24, 2.45) is 11.8 Å². The molecule has 0 saturated heterocycles. The highest BCUT2D eigenvalue weighted by Crippen LogP contribution is 2.33. The monoisotopic (exact) mass is 260 g/mol. The Labute approximate surface area is 113 Å². The Hall–Kier alpha value is -1.64. The molecular weight excluding hydrogens is 240 g/mol. The Morgan fingerprint density at radius 1 is 1.21 bits per heavy atom. The second-order valence-electron chi connectivity index (χ2n) is 5.43. The Morgan fingerprint density at radius 3 is 2.58 bits per heavy atom. The minimum atomic E-state index is -0.748. The molecule has 2 atom stereocenters. The van der Waals surface area contributed by atoms with Crippen LogP contribution in [0, 0.1) is 18.8 Å². The third-order valence-electron chi connectivity index (χ3n) is 4.12. The zero-order valence-electron chi connectivity index (χ0n) is 11.3. The lowest BCUT2D eigenvalue weighted by Gasteiger charge is -2.28. The van der Waals surface area contributed by atoms with E-state index in [4.69, 9.17) is 0 Å². The molecule has 0 amide bonds. The molecule has 0 bridgehead atoms. The summed E-state index contributed by atoms with van der Waals surface area (Å²) in [7, 11) is 0. The van der Waals surface area contributed by atoms with Gasteiger partial charge in [0, 0.05) is 12.0 Å². The first kappa shape index (κ1) is 13.8. The topological polar surface area (TPSA) is 54.4 Å². The summed E-state index contributed by atoms with van der Waals surface area (Å²) in [5.74, 6) is -1.02. The second-order valence-corrected chi connectivity index (χ2v) is 5.43. The van der Waals surface area contributed by atoms with E-state index in [1.54, 1.807) is 0 Å². The van der Waals surface area contributed by atoms with E-state index in [1.165, 1.54) is 0 Å². The molecule has 1 N–H and O–H groups in total. The van der Waals surface area contributed by atoms with Crippen LogP contribution in [0.3, 0.4) is 0 Å². The number of carboxylic acids is 1. The first-order valence-electron chi connectivity index (χ1n) is 6.91. The number of aryl methyl sites for hydroxylation is 1. The quantitative estimate of drug-likeness (QED) is 0.843. The predicted octanol–water partition coefficient (Wildman–Crippen LogP) is 3.46. The highest BCUT2D eigenvalue weighted by Gasteiger charge is 2.32. The van der Waals surface area contributed by atoms with Gasteiger partial charge in [-0.3, -0.25) is 9.59 Å². The maximum atomic E-state index is 12.3. The van der Waals surface area contributed by atoms with E-state index < -0.39 is 5.97 Å². The molecule has 0 unspecified atom stereocenters. The van der Waals surface area contributed by atoms with Crippen molar-refractivity contribution < 1.29 is 14.7 Å². The van der Waals surface area contributed by atoms with Crippen LogP contribution in [-0.2, 0) is 4.79 Å². The highest BCUT2D eigenvalue weighted by atomic mass is 16.4. The summed E-state index contributed by atoms with van der Waals surface area (Å²) in [5.41, 5.74) is 1.70. The van der Waals surface area contributed by atoms with Crippen LogP contribution in [0.5, 0.6) is 0 Å². The lowest BCUT2D eigenvalue weighted by atomic mass is 9.76. The molecule has 0 spiro atoms. The van der Waals surface area contributed by atoms with Gasteiger partial charge in [-0.25, -0.2) is 0 Å². The smallest absolute Gasteiger partial charge is 0.306 e. The molecule has 0 radical (unpaired) electrons. The summed E-state index contributed by atoms with van der Waals surface area (Å²) in [4.78, 5) is 23.5. The van der Waals surface area contributed by atoms with Gasteiger partial charge in [0.1, 0.15) is 0 Å². The first-order chi connectivity index (χ1) is 9.09. The molecule has 2 rings (SSSR count). The zero-order valence-corrected chi connectivity index (χ0v) is 11.3. The molecule has 0 heterocycles. The summed E-state index contributed by atoms with van der Waals surface area (Å²) < 4.78 is 0. The Morgan fingerprint density at radius 2 is 1.89 bits per heavy atom. The number of hydrogen-bond donors (Lipinski definition) is 1. The van der Waals surface area contributed by atoms with Gasteiger partial charge in [-0.05, 0) is 31.2 Å². The number of carbonyl (C=O) groups is 2. The minimum Gasteiger partial charge on any atom is -0.481 e. The molecule has 0 aromatic heterocycles. The minimum absolute atomic E-state index is 0.00152. The van der Waals surface area contributed by atoms with Crippen LogP contribution in [0.2, 0.25) is 0 Å². The summed E-state index contributed by atoms with van der Waals surface area (Å²) in [6.07, 6.45) is 3.93. The van der Waals surface area contributed by atoms with Gasteiger partial charge in [0.25, 0.3) is 0 Å². The average Bonchev–Trinajstić information content (AvgIpc) is 2.39. The van der Waals surface area contributed by atoms with E-state index in [0.717, 1.165) is 30.4 Å². The molecule has 1 aromatic carbocycles. The van der Waals surface area contributed by atoms with Crippen molar-refractivity contribution in [3.05, 3.63) is 35.4 Å². The lowest BCUT2D eigenvalue weighted by molar-refractivity contribution is -0.144. The molecule has 19 heavy (non-hydrogen) atoms. The van der Waals surface area contributed by atoms with Gasteiger partial charge in [-0.2, -0.15) is 0 Å². The fourth-order valence-electron chi connectivity index (χ4n) is 3.01. The molecule has 1 aromatic rings. The van der Waals surface area contributed by atoms with Crippen molar-refractivity contribution in [1.82, 2.24) is 0 Å². The van der Waals surface area contributed by atoms with E-state index in [0.29, 0.717) is 12.8 Å². The molecule has 1 aliphatic rings. The van der Waals surface area contributed by atoms with Crippen LogP contribution in [0.4, 0.5) is 0 Å². The Bertz CT molecular complexity index is 479. The molecule has 3 nitrogen and oxygen atoms in total. The van der Waals surface area contributed by atoms with Crippen LogP contribution < -0.4 is 0 Å². The molecule has 1 fully saturated rings. The van der Waals surface area contributed by atoms with Crippen molar-refractivity contribution >= 4 is 11.8 Å². The Balaban J connectivity index is 2.09. The number of carbonyl (C=O) groups excluding carboxylic acids is 1.